The van der Waals surface area contributed by atoms with Crippen LogP contribution in [0.1, 0.15) is 44.9 Å². The number of hydrogen-bond acceptors (Lipinski definition) is 3. The summed E-state index contributed by atoms with van der Waals surface area (Å²) in [5.41, 5.74) is 0. The lowest BCUT2D eigenvalue weighted by Crippen LogP contribution is -2.47. The van der Waals surface area contributed by atoms with Crippen molar-refractivity contribution in [2.24, 2.45) is 5.92 Å². The first-order valence-corrected chi connectivity index (χ1v) is 7.81. The Kier molecular flexibility index (Phi) is 5.40. The van der Waals surface area contributed by atoms with Crippen LogP contribution in [0, 0.1) is 5.92 Å². The molecule has 1 unspecified atom stereocenters. The van der Waals surface area contributed by atoms with Gasteiger partial charge in [0.1, 0.15) is 6.04 Å². The predicted molar refractivity (Wildman–Crippen MR) is 76.0 cm³/mol. The molecular formula is C15H26N2O3. The highest BCUT2D eigenvalue weighted by Crippen LogP contribution is 2.33. The topological polar surface area (TPSA) is 60.9 Å². The Morgan fingerprint density at radius 3 is 2.60 bits per heavy atom. The third-order valence-corrected chi connectivity index (χ3v) is 4.28. The Morgan fingerprint density at radius 1 is 1.20 bits per heavy atom. The fourth-order valence-electron chi connectivity index (χ4n) is 2.85. The number of aliphatic hydroxyl groups excluding tert-OH is 1. The van der Waals surface area contributed by atoms with Crippen molar-refractivity contribution in [3.63, 3.8) is 0 Å². The molecule has 2 aliphatic rings. The van der Waals surface area contributed by atoms with Gasteiger partial charge in [0.2, 0.25) is 11.8 Å². The highest BCUT2D eigenvalue weighted by molar-refractivity contribution is 5.89. The maximum Gasteiger partial charge on any atom is 0.245 e. The van der Waals surface area contributed by atoms with Crippen molar-refractivity contribution in [1.82, 2.24) is 9.80 Å². The molecule has 5 heteroatoms. The average Bonchev–Trinajstić information content (AvgIpc) is 3.19. The highest BCUT2D eigenvalue weighted by Gasteiger charge is 2.41. The number of carbonyl (C=O) groups excluding carboxylic acids is 2. The van der Waals surface area contributed by atoms with Gasteiger partial charge in [-0.15, -0.1) is 0 Å². The largest absolute Gasteiger partial charge is 0.396 e. The Hall–Kier alpha value is -1.10. The van der Waals surface area contributed by atoms with Crippen molar-refractivity contribution in [3.8, 4) is 0 Å². The van der Waals surface area contributed by atoms with Gasteiger partial charge in [-0.1, -0.05) is 0 Å². The first-order chi connectivity index (χ1) is 9.65. The van der Waals surface area contributed by atoms with Gasteiger partial charge in [0.25, 0.3) is 0 Å². The van der Waals surface area contributed by atoms with Crippen molar-refractivity contribution >= 4 is 11.8 Å². The van der Waals surface area contributed by atoms with E-state index in [0.29, 0.717) is 6.54 Å². The van der Waals surface area contributed by atoms with Crippen LogP contribution in [0.2, 0.25) is 0 Å². The molecule has 2 amide bonds. The maximum absolute atomic E-state index is 12.4. The van der Waals surface area contributed by atoms with Crippen LogP contribution < -0.4 is 0 Å². The van der Waals surface area contributed by atoms with Crippen molar-refractivity contribution in [2.75, 3.05) is 26.7 Å². The van der Waals surface area contributed by atoms with Crippen LogP contribution in [0.3, 0.4) is 0 Å². The van der Waals surface area contributed by atoms with Gasteiger partial charge in [-0.2, -0.15) is 0 Å². The number of carbonyl (C=O) groups is 2. The second kappa shape index (κ2) is 7.07. The third kappa shape index (κ3) is 3.72. The summed E-state index contributed by atoms with van der Waals surface area (Å²) in [6.45, 7) is 1.66. The fourth-order valence-corrected chi connectivity index (χ4v) is 2.85. The second-order valence-electron chi connectivity index (χ2n) is 6.01. The van der Waals surface area contributed by atoms with Crippen molar-refractivity contribution in [1.29, 1.82) is 0 Å². The number of aliphatic hydroxyl groups is 1. The van der Waals surface area contributed by atoms with Gasteiger partial charge in [0.15, 0.2) is 0 Å². The number of hydrogen-bond donors (Lipinski definition) is 1. The molecule has 0 spiro atoms. The van der Waals surface area contributed by atoms with E-state index in [9.17, 15) is 9.59 Å². The van der Waals surface area contributed by atoms with Crippen LogP contribution in [0.5, 0.6) is 0 Å². The minimum Gasteiger partial charge on any atom is -0.396 e. The Labute approximate surface area is 120 Å². The molecule has 1 aliphatic heterocycles. The number of amides is 2. The zero-order chi connectivity index (χ0) is 14.5. The number of rotatable bonds is 7. The smallest absolute Gasteiger partial charge is 0.245 e. The lowest BCUT2D eigenvalue weighted by atomic mass is 10.1. The molecule has 2 rings (SSSR count). The monoisotopic (exact) mass is 282 g/mol. The van der Waals surface area contributed by atoms with Gasteiger partial charge < -0.3 is 14.9 Å². The summed E-state index contributed by atoms with van der Waals surface area (Å²) in [4.78, 5) is 28.2. The molecule has 0 aromatic rings. The summed E-state index contributed by atoms with van der Waals surface area (Å²) < 4.78 is 0. The second-order valence-corrected chi connectivity index (χ2v) is 6.01. The minimum atomic E-state index is -0.231. The van der Waals surface area contributed by atoms with Crippen molar-refractivity contribution in [3.05, 3.63) is 0 Å². The maximum atomic E-state index is 12.4. The van der Waals surface area contributed by atoms with Crippen LogP contribution in [0.15, 0.2) is 0 Å². The molecule has 1 aliphatic carbocycles. The van der Waals surface area contributed by atoms with Crippen LogP contribution in [0.4, 0.5) is 0 Å². The summed E-state index contributed by atoms with van der Waals surface area (Å²) >= 11 is 0. The van der Waals surface area contributed by atoms with E-state index in [2.05, 4.69) is 0 Å². The van der Waals surface area contributed by atoms with E-state index in [4.69, 9.17) is 5.11 Å². The number of unbranched alkanes of at least 4 members (excludes halogenated alkanes) is 2. The van der Waals surface area contributed by atoms with Crippen LogP contribution in [-0.2, 0) is 9.59 Å². The SMILES string of the molecule is CN(CCCCCO)C(=O)C1CCCN1C(=O)C1CC1. The molecule has 0 bridgehead atoms. The van der Waals surface area contributed by atoms with Gasteiger partial charge in [0, 0.05) is 32.7 Å². The Bertz CT molecular complexity index is 355. The summed E-state index contributed by atoms with van der Waals surface area (Å²) in [6.07, 6.45) is 6.36. The molecule has 1 atom stereocenters. The summed E-state index contributed by atoms with van der Waals surface area (Å²) in [5, 5.41) is 8.74. The molecule has 1 heterocycles. The van der Waals surface area contributed by atoms with Crippen LogP contribution in [0.25, 0.3) is 0 Å². The zero-order valence-corrected chi connectivity index (χ0v) is 12.4. The highest BCUT2D eigenvalue weighted by atomic mass is 16.3. The number of likely N-dealkylation sites (N-methyl/N-ethyl adjacent to an activating group) is 1. The summed E-state index contributed by atoms with van der Waals surface area (Å²) in [7, 11) is 1.82. The molecule has 2 fully saturated rings. The first kappa shape index (κ1) is 15.3. The number of nitrogens with zero attached hydrogens (tertiary/aromatic N) is 2. The van der Waals surface area contributed by atoms with Gasteiger partial charge in [-0.3, -0.25) is 9.59 Å². The van der Waals surface area contributed by atoms with Crippen molar-refractivity contribution < 1.29 is 14.7 Å². The van der Waals surface area contributed by atoms with E-state index in [0.717, 1.165) is 51.5 Å². The number of likely N-dealkylation sites (tertiary alicyclic amines) is 1. The quantitative estimate of drug-likeness (QED) is 0.709. The molecule has 1 saturated carbocycles. The molecule has 0 aromatic carbocycles. The minimum absolute atomic E-state index is 0.0838. The molecule has 5 nitrogen and oxygen atoms in total. The van der Waals surface area contributed by atoms with E-state index >= 15 is 0 Å². The molecule has 20 heavy (non-hydrogen) atoms. The summed E-state index contributed by atoms with van der Waals surface area (Å²) in [6, 6.07) is -0.231. The first-order valence-electron chi connectivity index (χ1n) is 7.81. The normalized spacial score (nSPS) is 22.1. The molecule has 0 radical (unpaired) electrons. The summed E-state index contributed by atoms with van der Waals surface area (Å²) in [5.74, 6) is 0.466. The fraction of sp³-hybridized carbons (Fsp3) is 0.867. The van der Waals surface area contributed by atoms with E-state index < -0.39 is 0 Å². The zero-order valence-electron chi connectivity index (χ0n) is 12.4. The Morgan fingerprint density at radius 2 is 1.95 bits per heavy atom. The van der Waals surface area contributed by atoms with E-state index in [-0.39, 0.29) is 30.4 Å². The molecule has 114 valence electrons. The van der Waals surface area contributed by atoms with E-state index in [1.165, 1.54) is 0 Å². The lowest BCUT2D eigenvalue weighted by molar-refractivity contribution is -0.143. The van der Waals surface area contributed by atoms with E-state index in [1.54, 1.807) is 4.90 Å². The molecule has 1 N–H and O–H groups in total. The van der Waals surface area contributed by atoms with Gasteiger partial charge >= 0.3 is 0 Å². The standard InChI is InChI=1S/C15H26N2O3/c1-16(9-3-2-4-11-18)15(20)13-6-5-10-17(13)14(19)12-7-8-12/h12-13,18H,2-11H2,1H3. The van der Waals surface area contributed by atoms with Crippen LogP contribution >= 0.6 is 0 Å². The van der Waals surface area contributed by atoms with E-state index in [1.807, 2.05) is 11.9 Å². The predicted octanol–water partition coefficient (Wildman–Crippen LogP) is 1.01. The average molecular weight is 282 g/mol. The molecular weight excluding hydrogens is 256 g/mol. The van der Waals surface area contributed by atoms with Gasteiger partial charge in [0.05, 0.1) is 0 Å². The molecule has 0 aromatic heterocycles. The van der Waals surface area contributed by atoms with Gasteiger partial charge in [-0.05, 0) is 44.9 Å². The van der Waals surface area contributed by atoms with Gasteiger partial charge in [-0.25, -0.2) is 0 Å². The lowest BCUT2D eigenvalue weighted by Gasteiger charge is -2.28. The Balaban J connectivity index is 1.81. The van der Waals surface area contributed by atoms with Crippen LogP contribution in [-0.4, -0.2) is 59.5 Å². The third-order valence-electron chi connectivity index (χ3n) is 4.28. The molecule has 1 saturated heterocycles. The van der Waals surface area contributed by atoms with Crippen molar-refractivity contribution in [2.45, 2.75) is 51.0 Å².